The van der Waals surface area contributed by atoms with Gasteiger partial charge in [0.1, 0.15) is 11.5 Å². The van der Waals surface area contributed by atoms with Gasteiger partial charge in [-0.3, -0.25) is 9.36 Å². The molecular weight excluding hydrogens is 554 g/mol. The highest BCUT2D eigenvalue weighted by molar-refractivity contribution is 5.99. The topological polar surface area (TPSA) is 124 Å². The average molecular weight is 586 g/mol. The van der Waals surface area contributed by atoms with Gasteiger partial charge >= 0.3 is 0 Å². The summed E-state index contributed by atoms with van der Waals surface area (Å²) in [6.45, 7) is 4.54. The third kappa shape index (κ3) is 5.30. The van der Waals surface area contributed by atoms with Gasteiger partial charge in [0.2, 0.25) is 5.82 Å². The summed E-state index contributed by atoms with van der Waals surface area (Å²) in [5.74, 6) is 2.04. The molecule has 4 heterocycles. The van der Waals surface area contributed by atoms with Crippen LogP contribution in [-0.4, -0.2) is 35.9 Å². The summed E-state index contributed by atoms with van der Waals surface area (Å²) >= 11 is 0. The van der Waals surface area contributed by atoms with E-state index in [1.807, 2.05) is 60.0 Å². The van der Waals surface area contributed by atoms with Crippen molar-refractivity contribution in [2.24, 2.45) is 5.16 Å². The third-order valence-electron chi connectivity index (χ3n) is 7.99. The van der Waals surface area contributed by atoms with Crippen LogP contribution in [0.15, 0.2) is 93.4 Å². The molecule has 3 aromatic carbocycles. The number of hydrogen-bond acceptors (Lipinski definition) is 8. The van der Waals surface area contributed by atoms with E-state index in [0.717, 1.165) is 64.2 Å². The molecule has 0 radical (unpaired) electrons. The Morgan fingerprint density at radius 2 is 1.86 bits per heavy atom. The molecule has 10 heteroatoms. The molecule has 1 aliphatic heterocycles. The molecule has 0 fully saturated rings. The van der Waals surface area contributed by atoms with Crippen molar-refractivity contribution < 1.29 is 9.25 Å². The molecule has 0 spiro atoms. The Hall–Kier alpha value is -5.38. The van der Waals surface area contributed by atoms with E-state index >= 15 is 0 Å². The lowest BCUT2D eigenvalue weighted by Gasteiger charge is -2.15. The second-order valence-electron chi connectivity index (χ2n) is 11.1. The zero-order valence-corrected chi connectivity index (χ0v) is 24.5. The Balaban J connectivity index is 1.19. The van der Waals surface area contributed by atoms with Crippen LogP contribution in [0.4, 0.5) is 0 Å². The normalized spacial score (nSPS) is 14.6. The highest BCUT2D eigenvalue weighted by Crippen LogP contribution is 2.32. The Kier molecular flexibility index (Phi) is 7.31. The van der Waals surface area contributed by atoms with Crippen molar-refractivity contribution in [1.82, 2.24) is 30.2 Å². The zero-order valence-electron chi connectivity index (χ0n) is 24.5. The van der Waals surface area contributed by atoms with Crippen LogP contribution in [0.25, 0.3) is 33.4 Å². The molecule has 0 amide bonds. The minimum Gasteiger partial charge on any atom is -0.463 e. The summed E-state index contributed by atoms with van der Waals surface area (Å²) in [5.41, 5.74) is 7.24. The highest BCUT2D eigenvalue weighted by atomic mass is 16.6. The van der Waals surface area contributed by atoms with Gasteiger partial charge in [-0.15, -0.1) is 10.2 Å². The van der Waals surface area contributed by atoms with Gasteiger partial charge in [0.05, 0.1) is 23.7 Å². The SMILES string of the molecule is CCCCc1nc2ccc(C3CC(c4cc(C)co4)=NO3)cc2c(=O)n1Cc1ccc(-c2ccccc2-c2nn[nH]n2)cc1. The van der Waals surface area contributed by atoms with E-state index in [4.69, 9.17) is 14.2 Å². The Morgan fingerprint density at radius 1 is 1.02 bits per heavy atom. The van der Waals surface area contributed by atoms with E-state index in [0.29, 0.717) is 35.5 Å². The molecule has 220 valence electrons. The zero-order chi connectivity index (χ0) is 30.0. The minimum absolute atomic E-state index is 0.0599. The molecule has 0 bridgehead atoms. The molecule has 1 unspecified atom stereocenters. The number of nitrogens with zero attached hydrogens (tertiary/aromatic N) is 6. The predicted octanol–water partition coefficient (Wildman–Crippen LogP) is 6.40. The fraction of sp³-hybridized carbons (Fsp3) is 0.235. The van der Waals surface area contributed by atoms with Crippen LogP contribution in [0.1, 0.15) is 60.6 Å². The first-order valence-electron chi connectivity index (χ1n) is 14.8. The smallest absolute Gasteiger partial charge is 0.261 e. The number of aromatic nitrogens is 6. The number of furan rings is 1. The highest BCUT2D eigenvalue weighted by Gasteiger charge is 2.26. The molecule has 0 saturated carbocycles. The molecule has 1 aliphatic rings. The first-order valence-corrected chi connectivity index (χ1v) is 14.8. The molecule has 44 heavy (non-hydrogen) atoms. The van der Waals surface area contributed by atoms with Gasteiger partial charge in [-0.1, -0.05) is 73.1 Å². The number of benzene rings is 3. The molecule has 3 aromatic heterocycles. The summed E-state index contributed by atoms with van der Waals surface area (Å²) in [6, 6.07) is 23.9. The van der Waals surface area contributed by atoms with Gasteiger partial charge in [0.15, 0.2) is 11.9 Å². The Morgan fingerprint density at radius 3 is 2.61 bits per heavy atom. The first-order chi connectivity index (χ1) is 21.6. The van der Waals surface area contributed by atoms with E-state index in [1.165, 1.54) is 0 Å². The number of nitrogens with one attached hydrogen (secondary N) is 1. The number of tetrazole rings is 1. The number of unbranched alkanes of at least 4 members (excludes halogenated alkanes) is 1. The Bertz CT molecular complexity index is 2020. The van der Waals surface area contributed by atoms with Crippen LogP contribution < -0.4 is 5.56 Å². The largest absolute Gasteiger partial charge is 0.463 e. The summed E-state index contributed by atoms with van der Waals surface area (Å²) in [4.78, 5) is 24.8. The van der Waals surface area contributed by atoms with E-state index in [1.54, 1.807) is 6.26 Å². The molecule has 0 saturated heterocycles. The standard InChI is InChI=1S/C34H31N7O3/c1-3-4-9-32-35-28-15-14-24(30-18-29(38-44-30)31-16-21(2)20-43-31)17-27(28)34(42)41(32)19-22-10-12-23(13-11-22)25-7-5-6-8-26(25)33-36-39-40-37-33/h5-8,10-17,20,30H,3-4,9,18-19H2,1-2H3,(H,36,37,39,40). The first kappa shape index (κ1) is 27.5. The van der Waals surface area contributed by atoms with E-state index < -0.39 is 0 Å². The summed E-state index contributed by atoms with van der Waals surface area (Å²) < 4.78 is 7.42. The van der Waals surface area contributed by atoms with Crippen LogP contribution in [0.3, 0.4) is 0 Å². The van der Waals surface area contributed by atoms with Crippen molar-refractivity contribution >= 4 is 16.6 Å². The molecule has 1 N–H and O–H groups in total. The molecule has 6 aromatic rings. The van der Waals surface area contributed by atoms with Crippen molar-refractivity contribution in [3.05, 3.63) is 118 Å². The molecule has 1 atom stereocenters. The average Bonchev–Trinajstić information content (AvgIpc) is 3.85. The minimum atomic E-state index is -0.296. The summed E-state index contributed by atoms with van der Waals surface area (Å²) in [7, 11) is 0. The molecular formula is C34H31N7O3. The van der Waals surface area contributed by atoms with Gasteiger partial charge in [0.25, 0.3) is 5.56 Å². The summed E-state index contributed by atoms with van der Waals surface area (Å²) in [5, 5.41) is 19.4. The van der Waals surface area contributed by atoms with E-state index in [-0.39, 0.29) is 11.7 Å². The second-order valence-corrected chi connectivity index (χ2v) is 11.1. The maximum atomic E-state index is 14.1. The molecule has 10 nitrogen and oxygen atoms in total. The van der Waals surface area contributed by atoms with E-state index in [9.17, 15) is 4.79 Å². The van der Waals surface area contributed by atoms with Gasteiger partial charge in [0, 0.05) is 18.4 Å². The number of fused-ring (bicyclic) bond motifs is 1. The van der Waals surface area contributed by atoms with Crippen molar-refractivity contribution in [3.63, 3.8) is 0 Å². The van der Waals surface area contributed by atoms with Crippen LogP contribution in [0.2, 0.25) is 0 Å². The number of H-pyrrole nitrogens is 1. The number of hydrogen-bond donors (Lipinski definition) is 1. The molecule has 7 rings (SSSR count). The lowest BCUT2D eigenvalue weighted by molar-refractivity contribution is 0.0858. The van der Waals surface area contributed by atoms with E-state index in [2.05, 4.69) is 57.0 Å². The monoisotopic (exact) mass is 585 g/mol. The van der Waals surface area contributed by atoms with Gasteiger partial charge in [-0.25, -0.2) is 4.98 Å². The van der Waals surface area contributed by atoms with Crippen molar-refractivity contribution in [1.29, 1.82) is 0 Å². The maximum Gasteiger partial charge on any atom is 0.261 e. The van der Waals surface area contributed by atoms with Crippen molar-refractivity contribution in [2.75, 3.05) is 0 Å². The van der Waals surface area contributed by atoms with Crippen LogP contribution in [0, 0.1) is 6.92 Å². The van der Waals surface area contributed by atoms with Crippen LogP contribution in [-0.2, 0) is 17.8 Å². The van der Waals surface area contributed by atoms with Gasteiger partial charge in [-0.2, -0.15) is 5.21 Å². The van der Waals surface area contributed by atoms with Gasteiger partial charge in [-0.05, 0) is 64.6 Å². The second kappa shape index (κ2) is 11.7. The number of rotatable bonds is 9. The number of aryl methyl sites for hydroxylation is 2. The van der Waals surface area contributed by atoms with Crippen LogP contribution >= 0.6 is 0 Å². The van der Waals surface area contributed by atoms with Crippen molar-refractivity contribution in [2.45, 2.75) is 52.2 Å². The lowest BCUT2D eigenvalue weighted by Crippen LogP contribution is -2.26. The third-order valence-corrected chi connectivity index (χ3v) is 7.99. The van der Waals surface area contributed by atoms with Crippen molar-refractivity contribution in [3.8, 4) is 22.5 Å². The van der Waals surface area contributed by atoms with Gasteiger partial charge < -0.3 is 9.25 Å². The maximum absolute atomic E-state index is 14.1. The predicted molar refractivity (Wildman–Crippen MR) is 167 cm³/mol. The number of oxime groups is 1. The molecule has 0 aliphatic carbocycles. The lowest BCUT2D eigenvalue weighted by atomic mass is 9.98. The fourth-order valence-corrected chi connectivity index (χ4v) is 5.64. The Labute approximate surface area is 253 Å². The quantitative estimate of drug-likeness (QED) is 0.208. The number of aromatic amines is 1. The van der Waals surface area contributed by atoms with Crippen LogP contribution in [0.5, 0.6) is 0 Å². The summed E-state index contributed by atoms with van der Waals surface area (Å²) in [6.07, 6.45) is 4.66. The fourth-order valence-electron chi connectivity index (χ4n) is 5.64.